The Kier molecular flexibility index (Phi) is 11.2. The Morgan fingerprint density at radius 1 is 0.971 bits per heavy atom. The van der Waals surface area contributed by atoms with Gasteiger partial charge in [0.15, 0.2) is 0 Å². The number of amides is 2. The van der Waals surface area contributed by atoms with Crippen molar-refractivity contribution >= 4 is 27.5 Å². The molecule has 1 atom stereocenters. The van der Waals surface area contributed by atoms with Crippen LogP contribution in [0.2, 0.25) is 0 Å². The van der Waals surface area contributed by atoms with E-state index in [9.17, 15) is 18.0 Å². The van der Waals surface area contributed by atoms with Crippen molar-refractivity contribution < 1.29 is 18.0 Å². The Hall–Kier alpha value is -2.87. The van der Waals surface area contributed by atoms with Crippen molar-refractivity contribution in [3.8, 4) is 0 Å². The fourth-order valence-corrected chi connectivity index (χ4v) is 4.94. The minimum absolute atomic E-state index is 0.142. The molecule has 192 valence electrons. The van der Waals surface area contributed by atoms with Gasteiger partial charge in [0.1, 0.15) is 6.04 Å². The Morgan fingerprint density at radius 3 is 2.20 bits per heavy atom. The van der Waals surface area contributed by atoms with Gasteiger partial charge in [-0.15, -0.1) is 0 Å². The van der Waals surface area contributed by atoms with Gasteiger partial charge in [0.05, 0.1) is 11.9 Å². The van der Waals surface area contributed by atoms with Crippen molar-refractivity contribution in [3.05, 3.63) is 65.7 Å². The van der Waals surface area contributed by atoms with Crippen LogP contribution in [-0.4, -0.2) is 57.1 Å². The first-order valence-electron chi connectivity index (χ1n) is 12.3. The zero-order valence-electron chi connectivity index (χ0n) is 21.4. The highest BCUT2D eigenvalue weighted by Gasteiger charge is 2.28. The maximum atomic E-state index is 13.3. The first-order chi connectivity index (χ1) is 16.7. The van der Waals surface area contributed by atoms with E-state index in [-0.39, 0.29) is 24.8 Å². The molecule has 2 rings (SSSR count). The predicted octanol–water partition coefficient (Wildman–Crippen LogP) is 3.92. The molecule has 0 spiro atoms. The second kappa shape index (κ2) is 13.9. The van der Waals surface area contributed by atoms with Gasteiger partial charge in [-0.05, 0) is 50.3 Å². The second-order valence-corrected chi connectivity index (χ2v) is 10.7. The number of hydrogen-bond donors (Lipinski definition) is 1. The molecule has 1 N–H and O–H groups in total. The summed E-state index contributed by atoms with van der Waals surface area (Å²) in [7, 11) is -3.50. The lowest BCUT2D eigenvalue weighted by atomic mass is 10.1. The number of anilines is 1. The molecule has 0 aromatic heterocycles. The molecule has 0 aliphatic carbocycles. The molecule has 2 amide bonds. The van der Waals surface area contributed by atoms with Gasteiger partial charge in [-0.2, -0.15) is 0 Å². The summed E-state index contributed by atoms with van der Waals surface area (Å²) >= 11 is 0. The van der Waals surface area contributed by atoms with Crippen molar-refractivity contribution in [1.29, 1.82) is 0 Å². The highest BCUT2D eigenvalue weighted by atomic mass is 32.2. The number of hydrogen-bond acceptors (Lipinski definition) is 4. The molecule has 0 bridgehead atoms. The minimum atomic E-state index is -3.50. The van der Waals surface area contributed by atoms with E-state index in [1.165, 1.54) is 10.6 Å². The standard InChI is InChI=1S/C27H39N3O4S/c1-5-19-28-27(32)25(6-2)29(21-18-23-11-8-7-9-12-23)26(31)13-10-20-30(35(4,33)34)24-16-14-22(3)15-17-24/h7-9,11-12,14-17,25H,5-6,10,13,18-21H2,1-4H3,(H,28,32)/t25-/m0/s1. The minimum Gasteiger partial charge on any atom is -0.354 e. The molecule has 0 heterocycles. The molecule has 2 aromatic rings. The monoisotopic (exact) mass is 501 g/mol. The highest BCUT2D eigenvalue weighted by Crippen LogP contribution is 2.19. The molecule has 7 nitrogen and oxygen atoms in total. The van der Waals surface area contributed by atoms with Crippen LogP contribution in [-0.2, 0) is 26.0 Å². The number of rotatable bonds is 14. The van der Waals surface area contributed by atoms with Gasteiger partial charge >= 0.3 is 0 Å². The van der Waals surface area contributed by atoms with Crippen LogP contribution in [0.15, 0.2) is 54.6 Å². The van der Waals surface area contributed by atoms with Crippen molar-refractivity contribution in [2.45, 2.75) is 58.9 Å². The Bertz CT molecular complexity index is 1040. The molecule has 0 radical (unpaired) electrons. The number of carbonyl (C=O) groups is 2. The molecule has 35 heavy (non-hydrogen) atoms. The van der Waals surface area contributed by atoms with Gasteiger partial charge < -0.3 is 10.2 Å². The average molecular weight is 502 g/mol. The third-order valence-electron chi connectivity index (χ3n) is 5.89. The summed E-state index contributed by atoms with van der Waals surface area (Å²) in [6.45, 7) is 7.02. The van der Waals surface area contributed by atoms with E-state index in [1.54, 1.807) is 17.0 Å². The Morgan fingerprint density at radius 2 is 1.63 bits per heavy atom. The van der Waals surface area contributed by atoms with Crippen LogP contribution in [0.1, 0.15) is 50.7 Å². The molecule has 8 heteroatoms. The summed E-state index contributed by atoms with van der Waals surface area (Å²) in [5, 5.41) is 2.92. The van der Waals surface area contributed by atoms with E-state index in [4.69, 9.17) is 0 Å². The molecular formula is C27H39N3O4S. The maximum Gasteiger partial charge on any atom is 0.242 e. The molecule has 0 saturated heterocycles. The largest absolute Gasteiger partial charge is 0.354 e. The fraction of sp³-hybridized carbons (Fsp3) is 0.481. The van der Waals surface area contributed by atoms with Gasteiger partial charge in [-0.3, -0.25) is 13.9 Å². The van der Waals surface area contributed by atoms with E-state index in [2.05, 4.69) is 5.32 Å². The fourth-order valence-electron chi connectivity index (χ4n) is 3.98. The predicted molar refractivity (Wildman–Crippen MR) is 142 cm³/mol. The molecule has 0 unspecified atom stereocenters. The second-order valence-electron chi connectivity index (χ2n) is 8.81. The quantitative estimate of drug-likeness (QED) is 0.425. The Labute approximate surface area is 210 Å². The average Bonchev–Trinajstić information content (AvgIpc) is 2.83. The van der Waals surface area contributed by atoms with Gasteiger partial charge in [0.25, 0.3) is 0 Å². The maximum absolute atomic E-state index is 13.3. The molecule has 0 aliphatic rings. The lowest BCUT2D eigenvalue weighted by Crippen LogP contribution is -2.50. The topological polar surface area (TPSA) is 86.8 Å². The summed E-state index contributed by atoms with van der Waals surface area (Å²) in [5.74, 6) is -0.287. The number of sulfonamides is 1. The number of nitrogens with zero attached hydrogens (tertiary/aromatic N) is 2. The lowest BCUT2D eigenvalue weighted by Gasteiger charge is -2.31. The number of benzene rings is 2. The molecular weight excluding hydrogens is 462 g/mol. The highest BCUT2D eigenvalue weighted by molar-refractivity contribution is 7.92. The van der Waals surface area contributed by atoms with Crippen LogP contribution >= 0.6 is 0 Å². The zero-order valence-corrected chi connectivity index (χ0v) is 22.2. The van der Waals surface area contributed by atoms with Crippen molar-refractivity contribution in [3.63, 3.8) is 0 Å². The van der Waals surface area contributed by atoms with Crippen molar-refractivity contribution in [2.75, 3.05) is 30.2 Å². The van der Waals surface area contributed by atoms with Gasteiger partial charge in [0.2, 0.25) is 21.8 Å². The number of aryl methyl sites for hydroxylation is 1. The van der Waals surface area contributed by atoms with E-state index < -0.39 is 16.1 Å². The summed E-state index contributed by atoms with van der Waals surface area (Å²) < 4.78 is 26.1. The molecule has 0 aliphatic heterocycles. The first kappa shape index (κ1) is 28.4. The third-order valence-corrected chi connectivity index (χ3v) is 7.09. The zero-order chi connectivity index (χ0) is 25.8. The van der Waals surface area contributed by atoms with Crippen molar-refractivity contribution in [1.82, 2.24) is 10.2 Å². The summed E-state index contributed by atoms with van der Waals surface area (Å²) in [4.78, 5) is 27.8. The first-order valence-corrected chi connectivity index (χ1v) is 14.2. The molecule has 0 saturated carbocycles. The van der Waals surface area contributed by atoms with Gasteiger partial charge in [-0.25, -0.2) is 8.42 Å². The van der Waals surface area contributed by atoms with Crippen LogP contribution < -0.4 is 9.62 Å². The van der Waals surface area contributed by atoms with E-state index >= 15 is 0 Å². The van der Waals surface area contributed by atoms with E-state index in [0.717, 1.165) is 17.5 Å². The van der Waals surface area contributed by atoms with Gasteiger partial charge in [0, 0.05) is 26.1 Å². The number of carbonyl (C=O) groups excluding carboxylic acids is 2. The SMILES string of the molecule is CCCNC(=O)[C@H](CC)N(CCc1ccccc1)C(=O)CCCN(c1ccc(C)cc1)S(C)(=O)=O. The normalized spacial score (nSPS) is 12.1. The van der Waals surface area contributed by atoms with Crippen LogP contribution in [0.25, 0.3) is 0 Å². The third kappa shape index (κ3) is 9.02. The van der Waals surface area contributed by atoms with Crippen LogP contribution in [0.5, 0.6) is 0 Å². The number of nitrogens with one attached hydrogen (secondary N) is 1. The van der Waals surface area contributed by atoms with Crippen molar-refractivity contribution in [2.24, 2.45) is 0 Å². The smallest absolute Gasteiger partial charge is 0.242 e. The Balaban J connectivity index is 2.13. The summed E-state index contributed by atoms with van der Waals surface area (Å²) in [6, 6.07) is 16.6. The summed E-state index contributed by atoms with van der Waals surface area (Å²) in [6.07, 6.45) is 3.66. The molecule has 2 aromatic carbocycles. The van der Waals surface area contributed by atoms with Crippen LogP contribution in [0.3, 0.4) is 0 Å². The van der Waals surface area contributed by atoms with Crippen LogP contribution in [0, 0.1) is 6.92 Å². The molecule has 0 fully saturated rings. The van der Waals surface area contributed by atoms with Gasteiger partial charge in [-0.1, -0.05) is 61.9 Å². The summed E-state index contributed by atoms with van der Waals surface area (Å²) in [5.41, 5.74) is 2.71. The van der Waals surface area contributed by atoms with Crippen LogP contribution in [0.4, 0.5) is 5.69 Å². The lowest BCUT2D eigenvalue weighted by molar-refractivity contribution is -0.140. The van der Waals surface area contributed by atoms with E-state index in [0.29, 0.717) is 38.0 Å². The van der Waals surface area contributed by atoms with E-state index in [1.807, 2.05) is 63.2 Å².